The standard InChI is InChI=1S/C18H21NS/c1-5-10-14(6-2)17-16(15-11-8-7-9-12-15)19-18(20-17)13(3)4/h5-6,8,10-13H,1-2,7,9H2,3-4H3/b14-10+. The van der Waals surface area contributed by atoms with Gasteiger partial charge in [-0.1, -0.05) is 63.5 Å². The molecule has 20 heavy (non-hydrogen) atoms. The lowest BCUT2D eigenvalue weighted by molar-refractivity contribution is 0.850. The maximum atomic E-state index is 4.86. The molecular weight excluding hydrogens is 262 g/mol. The molecule has 0 saturated carbocycles. The van der Waals surface area contributed by atoms with E-state index in [9.17, 15) is 0 Å². The molecule has 0 aliphatic heterocycles. The molecule has 2 rings (SSSR count). The highest BCUT2D eigenvalue weighted by molar-refractivity contribution is 7.13. The SMILES string of the molecule is C=C/C=C(\C=C)c1sc(C(C)C)nc1C1=CCCC=C1. The summed E-state index contributed by atoms with van der Waals surface area (Å²) in [6.07, 6.45) is 14.6. The van der Waals surface area contributed by atoms with E-state index in [0.717, 1.165) is 24.1 Å². The van der Waals surface area contributed by atoms with Crippen molar-refractivity contribution >= 4 is 22.5 Å². The third-order valence-electron chi connectivity index (χ3n) is 3.19. The summed E-state index contributed by atoms with van der Waals surface area (Å²) in [7, 11) is 0. The summed E-state index contributed by atoms with van der Waals surface area (Å²) in [5.74, 6) is 0.440. The molecule has 0 bridgehead atoms. The number of allylic oxidation sites excluding steroid dienone is 8. The van der Waals surface area contributed by atoms with Gasteiger partial charge in [0.15, 0.2) is 0 Å². The molecule has 0 saturated heterocycles. The van der Waals surface area contributed by atoms with Crippen LogP contribution in [-0.2, 0) is 0 Å². The molecule has 1 aromatic rings. The Hall–Kier alpha value is -1.67. The molecule has 0 fully saturated rings. The predicted octanol–water partition coefficient (Wildman–Crippen LogP) is 5.76. The van der Waals surface area contributed by atoms with Crippen molar-refractivity contribution < 1.29 is 0 Å². The van der Waals surface area contributed by atoms with Crippen LogP contribution in [0.2, 0.25) is 0 Å². The molecule has 0 spiro atoms. The van der Waals surface area contributed by atoms with Gasteiger partial charge >= 0.3 is 0 Å². The van der Waals surface area contributed by atoms with Gasteiger partial charge in [-0.2, -0.15) is 0 Å². The molecule has 104 valence electrons. The minimum atomic E-state index is 0.440. The molecule has 1 nitrogen and oxygen atoms in total. The number of nitrogens with zero attached hydrogens (tertiary/aromatic N) is 1. The first kappa shape index (κ1) is 14.7. The Bertz CT molecular complexity index is 597. The average Bonchev–Trinajstić information content (AvgIpc) is 2.91. The van der Waals surface area contributed by atoms with E-state index >= 15 is 0 Å². The third kappa shape index (κ3) is 3.07. The summed E-state index contributed by atoms with van der Waals surface area (Å²) in [5.41, 5.74) is 3.41. The molecule has 1 aromatic heterocycles. The van der Waals surface area contributed by atoms with Crippen molar-refractivity contribution in [2.75, 3.05) is 0 Å². The van der Waals surface area contributed by atoms with Crippen molar-refractivity contribution in [1.82, 2.24) is 4.98 Å². The van der Waals surface area contributed by atoms with E-state index in [1.165, 1.54) is 15.5 Å². The van der Waals surface area contributed by atoms with Crippen molar-refractivity contribution in [3.63, 3.8) is 0 Å². The summed E-state index contributed by atoms with van der Waals surface area (Å²) in [6, 6.07) is 0. The zero-order valence-electron chi connectivity index (χ0n) is 12.2. The maximum Gasteiger partial charge on any atom is 0.0964 e. The van der Waals surface area contributed by atoms with E-state index in [2.05, 4.69) is 45.2 Å². The number of rotatable bonds is 5. The normalized spacial score (nSPS) is 15.3. The lowest BCUT2D eigenvalue weighted by Crippen LogP contribution is -1.92. The Kier molecular flexibility index (Phi) is 4.91. The first-order valence-corrected chi connectivity index (χ1v) is 7.82. The van der Waals surface area contributed by atoms with Gasteiger partial charge in [0, 0.05) is 5.92 Å². The lowest BCUT2D eigenvalue weighted by Gasteiger charge is -2.07. The first-order chi connectivity index (χ1) is 9.67. The lowest BCUT2D eigenvalue weighted by atomic mass is 10.0. The van der Waals surface area contributed by atoms with Crippen LogP contribution in [0.15, 0.2) is 49.6 Å². The fraction of sp³-hybridized carbons (Fsp3) is 0.278. The molecule has 1 aliphatic carbocycles. The summed E-state index contributed by atoms with van der Waals surface area (Å²) >= 11 is 1.76. The Morgan fingerprint density at radius 1 is 1.35 bits per heavy atom. The molecule has 0 unspecified atom stereocenters. The highest BCUT2D eigenvalue weighted by Crippen LogP contribution is 2.36. The van der Waals surface area contributed by atoms with Crippen LogP contribution in [-0.4, -0.2) is 4.98 Å². The molecule has 0 N–H and O–H groups in total. The summed E-state index contributed by atoms with van der Waals surface area (Å²) < 4.78 is 0. The van der Waals surface area contributed by atoms with Crippen molar-refractivity contribution in [3.05, 3.63) is 65.2 Å². The predicted molar refractivity (Wildman–Crippen MR) is 90.9 cm³/mol. The number of thiazole rings is 1. The monoisotopic (exact) mass is 283 g/mol. The number of aromatic nitrogens is 1. The van der Waals surface area contributed by atoms with Crippen LogP contribution in [0, 0.1) is 0 Å². The first-order valence-electron chi connectivity index (χ1n) is 7.00. The summed E-state index contributed by atoms with van der Waals surface area (Å²) in [5, 5.41) is 1.17. The van der Waals surface area contributed by atoms with E-state index in [4.69, 9.17) is 4.98 Å². The smallest absolute Gasteiger partial charge is 0.0964 e. The van der Waals surface area contributed by atoms with Crippen molar-refractivity contribution in [1.29, 1.82) is 0 Å². The van der Waals surface area contributed by atoms with E-state index in [1.54, 1.807) is 17.4 Å². The highest BCUT2D eigenvalue weighted by atomic mass is 32.1. The van der Waals surface area contributed by atoms with Crippen molar-refractivity contribution in [2.24, 2.45) is 0 Å². The van der Waals surface area contributed by atoms with Gasteiger partial charge in [0.25, 0.3) is 0 Å². The van der Waals surface area contributed by atoms with Gasteiger partial charge in [-0.25, -0.2) is 4.98 Å². The minimum Gasteiger partial charge on any atom is -0.240 e. The molecule has 1 heterocycles. The fourth-order valence-corrected chi connectivity index (χ4v) is 3.24. The number of hydrogen-bond donors (Lipinski definition) is 0. The van der Waals surface area contributed by atoms with E-state index in [-0.39, 0.29) is 0 Å². The molecular formula is C18H21NS. The second kappa shape index (κ2) is 6.67. The van der Waals surface area contributed by atoms with Crippen LogP contribution in [0.5, 0.6) is 0 Å². The van der Waals surface area contributed by atoms with Crippen LogP contribution in [0.4, 0.5) is 0 Å². The van der Waals surface area contributed by atoms with E-state index in [1.807, 2.05) is 12.2 Å². The third-order valence-corrected chi connectivity index (χ3v) is 4.59. The molecule has 0 aromatic carbocycles. The highest BCUT2D eigenvalue weighted by Gasteiger charge is 2.17. The van der Waals surface area contributed by atoms with Gasteiger partial charge < -0.3 is 0 Å². The second-order valence-electron chi connectivity index (χ2n) is 5.09. The van der Waals surface area contributed by atoms with Crippen LogP contribution in [0.1, 0.15) is 48.2 Å². The van der Waals surface area contributed by atoms with Crippen LogP contribution >= 0.6 is 11.3 Å². The summed E-state index contributed by atoms with van der Waals surface area (Å²) in [4.78, 5) is 6.06. The topological polar surface area (TPSA) is 12.9 Å². The Morgan fingerprint density at radius 2 is 2.15 bits per heavy atom. The van der Waals surface area contributed by atoms with Gasteiger partial charge in [0.1, 0.15) is 0 Å². The Balaban J connectivity index is 2.56. The van der Waals surface area contributed by atoms with Crippen LogP contribution in [0.3, 0.4) is 0 Å². The van der Waals surface area contributed by atoms with Crippen molar-refractivity contribution in [2.45, 2.75) is 32.6 Å². The van der Waals surface area contributed by atoms with E-state index < -0.39 is 0 Å². The Morgan fingerprint density at radius 3 is 2.70 bits per heavy atom. The number of hydrogen-bond acceptors (Lipinski definition) is 2. The van der Waals surface area contributed by atoms with E-state index in [0.29, 0.717) is 5.92 Å². The molecule has 0 radical (unpaired) electrons. The Labute approximate surface area is 125 Å². The zero-order valence-corrected chi connectivity index (χ0v) is 13.0. The molecule has 0 atom stereocenters. The van der Waals surface area contributed by atoms with Crippen molar-refractivity contribution in [3.8, 4) is 0 Å². The zero-order chi connectivity index (χ0) is 14.5. The van der Waals surface area contributed by atoms with Gasteiger partial charge in [-0.3, -0.25) is 0 Å². The minimum absolute atomic E-state index is 0.440. The van der Waals surface area contributed by atoms with Gasteiger partial charge in [-0.05, 0) is 24.0 Å². The largest absolute Gasteiger partial charge is 0.240 e. The van der Waals surface area contributed by atoms with Gasteiger partial charge in [0.2, 0.25) is 0 Å². The van der Waals surface area contributed by atoms with Crippen LogP contribution < -0.4 is 0 Å². The van der Waals surface area contributed by atoms with Gasteiger partial charge in [0.05, 0.1) is 15.6 Å². The summed E-state index contributed by atoms with van der Waals surface area (Å²) in [6.45, 7) is 12.1. The quantitative estimate of drug-likeness (QED) is 0.626. The molecule has 0 amide bonds. The van der Waals surface area contributed by atoms with Crippen LogP contribution in [0.25, 0.3) is 11.1 Å². The molecule has 2 heteroatoms. The fourth-order valence-electron chi connectivity index (χ4n) is 2.13. The molecule has 1 aliphatic rings. The second-order valence-corrected chi connectivity index (χ2v) is 6.12. The van der Waals surface area contributed by atoms with Gasteiger partial charge in [-0.15, -0.1) is 11.3 Å². The average molecular weight is 283 g/mol. The maximum absolute atomic E-state index is 4.86.